The third-order valence-electron chi connectivity index (χ3n) is 2.66. The fourth-order valence-corrected chi connectivity index (χ4v) is 2.39. The lowest BCUT2D eigenvalue weighted by atomic mass is 9.52. The zero-order valence-electron chi connectivity index (χ0n) is 5.74. The van der Waals surface area contributed by atoms with Crippen LogP contribution in [0, 0.1) is 5.41 Å². The second-order valence-electron chi connectivity index (χ2n) is 3.88. The summed E-state index contributed by atoms with van der Waals surface area (Å²) in [5.74, 6) is -2.36. The first-order valence-electron chi connectivity index (χ1n) is 3.65. The molecule has 0 amide bonds. The van der Waals surface area contributed by atoms with Crippen molar-refractivity contribution in [2.24, 2.45) is 11.1 Å². The van der Waals surface area contributed by atoms with Gasteiger partial charge in [-0.3, -0.25) is 0 Å². The minimum absolute atomic E-state index is 0.0249. The van der Waals surface area contributed by atoms with Crippen LogP contribution in [0.4, 0.5) is 8.78 Å². The van der Waals surface area contributed by atoms with Crippen molar-refractivity contribution in [1.29, 1.82) is 0 Å². The molecule has 0 aliphatic heterocycles. The van der Waals surface area contributed by atoms with Gasteiger partial charge >= 0.3 is 0 Å². The first-order chi connectivity index (χ1) is 4.52. The monoisotopic (exact) mass is 147 g/mol. The van der Waals surface area contributed by atoms with E-state index >= 15 is 0 Å². The molecule has 1 spiro atoms. The van der Waals surface area contributed by atoms with Gasteiger partial charge in [0.05, 0.1) is 0 Å². The Morgan fingerprint density at radius 3 is 2.00 bits per heavy atom. The molecule has 0 radical (unpaired) electrons. The number of alkyl halides is 2. The molecule has 2 aliphatic carbocycles. The molecule has 2 fully saturated rings. The van der Waals surface area contributed by atoms with Gasteiger partial charge in [0, 0.05) is 18.9 Å². The topological polar surface area (TPSA) is 26.0 Å². The molecule has 1 nitrogen and oxygen atoms in total. The lowest BCUT2D eigenvalue weighted by Crippen LogP contribution is -2.57. The predicted octanol–water partition coefficient (Wildman–Crippen LogP) is 1.52. The number of hydrogen-bond donors (Lipinski definition) is 1. The van der Waals surface area contributed by atoms with Crippen LogP contribution in [0.15, 0.2) is 0 Å². The van der Waals surface area contributed by atoms with Crippen LogP contribution in [0.1, 0.15) is 25.7 Å². The molecule has 2 N–H and O–H groups in total. The van der Waals surface area contributed by atoms with Gasteiger partial charge in [-0.2, -0.15) is 0 Å². The van der Waals surface area contributed by atoms with Crippen LogP contribution < -0.4 is 5.73 Å². The van der Waals surface area contributed by atoms with Crippen LogP contribution in [0.5, 0.6) is 0 Å². The molecule has 0 aromatic heterocycles. The molecule has 0 heterocycles. The maximum atomic E-state index is 12.3. The third kappa shape index (κ3) is 0.764. The molecule has 0 saturated heterocycles. The Balaban J connectivity index is 1.91. The normalized spacial score (nSPS) is 35.1. The average molecular weight is 147 g/mol. The molecule has 10 heavy (non-hydrogen) atoms. The summed E-state index contributed by atoms with van der Waals surface area (Å²) in [4.78, 5) is 0. The lowest BCUT2D eigenvalue weighted by molar-refractivity contribution is -0.195. The summed E-state index contributed by atoms with van der Waals surface area (Å²) in [6, 6.07) is 0.205. The number of hydrogen-bond acceptors (Lipinski definition) is 1. The van der Waals surface area contributed by atoms with E-state index in [2.05, 4.69) is 0 Å². The van der Waals surface area contributed by atoms with E-state index in [1.807, 2.05) is 0 Å². The molecule has 3 heteroatoms. The van der Waals surface area contributed by atoms with E-state index < -0.39 is 5.92 Å². The van der Waals surface area contributed by atoms with Gasteiger partial charge in [-0.15, -0.1) is 0 Å². The van der Waals surface area contributed by atoms with Gasteiger partial charge in [0.1, 0.15) is 0 Å². The number of halogens is 2. The van der Waals surface area contributed by atoms with Gasteiger partial charge in [-0.25, -0.2) is 8.78 Å². The molecule has 0 aromatic carbocycles. The molecule has 0 aromatic rings. The quantitative estimate of drug-likeness (QED) is 0.552. The second kappa shape index (κ2) is 1.52. The molecule has 0 unspecified atom stereocenters. The van der Waals surface area contributed by atoms with Gasteiger partial charge in [0.25, 0.3) is 0 Å². The summed E-state index contributed by atoms with van der Waals surface area (Å²) in [6.45, 7) is 0. The van der Waals surface area contributed by atoms with E-state index in [-0.39, 0.29) is 24.3 Å². The number of rotatable bonds is 0. The highest BCUT2D eigenvalue weighted by atomic mass is 19.3. The molecule has 2 aliphatic rings. The van der Waals surface area contributed by atoms with E-state index in [1.54, 1.807) is 0 Å². The smallest absolute Gasteiger partial charge is 0.249 e. The van der Waals surface area contributed by atoms with E-state index in [4.69, 9.17) is 5.73 Å². The zero-order valence-corrected chi connectivity index (χ0v) is 5.74. The molecule has 2 rings (SSSR count). The fraction of sp³-hybridized carbons (Fsp3) is 1.00. The first kappa shape index (κ1) is 6.53. The Kier molecular flexibility index (Phi) is 0.994. The number of nitrogens with two attached hydrogens (primary N) is 1. The van der Waals surface area contributed by atoms with Crippen molar-refractivity contribution < 1.29 is 8.78 Å². The third-order valence-corrected chi connectivity index (χ3v) is 2.66. The Hall–Kier alpha value is -0.180. The summed E-state index contributed by atoms with van der Waals surface area (Å²) in [7, 11) is 0. The fourth-order valence-electron chi connectivity index (χ4n) is 2.39. The van der Waals surface area contributed by atoms with Crippen molar-refractivity contribution in [3.05, 3.63) is 0 Å². The van der Waals surface area contributed by atoms with Crippen LogP contribution in [0.25, 0.3) is 0 Å². The largest absolute Gasteiger partial charge is 0.328 e. The van der Waals surface area contributed by atoms with Crippen molar-refractivity contribution in [3.8, 4) is 0 Å². The highest BCUT2D eigenvalue weighted by Gasteiger charge is 2.60. The average Bonchev–Trinajstić information content (AvgIpc) is 1.55. The maximum Gasteiger partial charge on any atom is 0.249 e. The Morgan fingerprint density at radius 2 is 1.70 bits per heavy atom. The minimum Gasteiger partial charge on any atom is -0.328 e. The van der Waals surface area contributed by atoms with Gasteiger partial charge in [0.2, 0.25) is 5.92 Å². The van der Waals surface area contributed by atoms with Crippen LogP contribution in [-0.4, -0.2) is 12.0 Å². The minimum atomic E-state index is -2.36. The van der Waals surface area contributed by atoms with Crippen molar-refractivity contribution in [2.45, 2.75) is 37.6 Å². The van der Waals surface area contributed by atoms with Gasteiger partial charge in [-0.1, -0.05) is 0 Å². The lowest BCUT2D eigenvalue weighted by Gasteiger charge is -2.56. The van der Waals surface area contributed by atoms with Crippen LogP contribution in [-0.2, 0) is 0 Å². The summed E-state index contributed by atoms with van der Waals surface area (Å²) in [6.07, 6.45) is 1.83. The SMILES string of the molecule is NC1CC2(C1)CC(F)(F)C2. The Labute approximate surface area is 58.6 Å². The van der Waals surface area contributed by atoms with E-state index in [0.29, 0.717) is 0 Å². The summed E-state index contributed by atoms with van der Waals surface area (Å²) < 4.78 is 24.7. The van der Waals surface area contributed by atoms with Crippen LogP contribution in [0.3, 0.4) is 0 Å². The Morgan fingerprint density at radius 1 is 1.20 bits per heavy atom. The first-order valence-corrected chi connectivity index (χ1v) is 3.65. The van der Waals surface area contributed by atoms with Crippen LogP contribution >= 0.6 is 0 Å². The van der Waals surface area contributed by atoms with Gasteiger partial charge in [0.15, 0.2) is 0 Å². The summed E-state index contributed by atoms with van der Waals surface area (Å²) in [5.41, 5.74) is 5.48. The molecule has 0 atom stereocenters. The standard InChI is InChI=1S/C7H11F2N/c8-7(9)3-6(4-7)1-5(10)2-6/h5H,1-4,10H2. The highest BCUT2D eigenvalue weighted by Crippen LogP contribution is 2.61. The van der Waals surface area contributed by atoms with Gasteiger partial charge < -0.3 is 5.73 Å². The summed E-state index contributed by atoms with van der Waals surface area (Å²) in [5, 5.41) is 0. The highest BCUT2D eigenvalue weighted by molar-refractivity contribution is 5.07. The molecular formula is C7H11F2N. The Bertz CT molecular complexity index is 151. The van der Waals surface area contributed by atoms with Crippen LogP contribution in [0.2, 0.25) is 0 Å². The van der Waals surface area contributed by atoms with Crippen molar-refractivity contribution in [1.82, 2.24) is 0 Å². The molecule has 58 valence electrons. The second-order valence-corrected chi connectivity index (χ2v) is 3.88. The van der Waals surface area contributed by atoms with Crippen molar-refractivity contribution in [3.63, 3.8) is 0 Å². The van der Waals surface area contributed by atoms with E-state index in [9.17, 15) is 8.78 Å². The van der Waals surface area contributed by atoms with E-state index in [1.165, 1.54) is 0 Å². The molecular weight excluding hydrogens is 136 g/mol. The molecule has 0 bridgehead atoms. The van der Waals surface area contributed by atoms with E-state index in [0.717, 1.165) is 12.8 Å². The predicted molar refractivity (Wildman–Crippen MR) is 33.8 cm³/mol. The van der Waals surface area contributed by atoms with Crippen molar-refractivity contribution >= 4 is 0 Å². The molecule has 2 saturated carbocycles. The van der Waals surface area contributed by atoms with Gasteiger partial charge in [-0.05, 0) is 18.3 Å². The zero-order chi connectivity index (χ0) is 7.41. The maximum absolute atomic E-state index is 12.3. The van der Waals surface area contributed by atoms with Crippen molar-refractivity contribution in [2.75, 3.05) is 0 Å². The summed E-state index contributed by atoms with van der Waals surface area (Å²) >= 11 is 0.